The van der Waals surface area contributed by atoms with Crippen molar-refractivity contribution in [3.05, 3.63) is 48.5 Å². The van der Waals surface area contributed by atoms with Crippen molar-refractivity contribution in [2.75, 3.05) is 33.3 Å². The first-order valence-electron chi connectivity index (χ1n) is 11.6. The maximum absolute atomic E-state index is 11.7. The molecule has 2 N–H and O–H groups in total. The Labute approximate surface area is 190 Å². The molecule has 1 aromatic carbocycles. The Bertz CT molecular complexity index is 892. The maximum atomic E-state index is 11.7. The molecule has 2 aromatic rings. The molecule has 1 aliphatic carbocycles. The molecular formula is C24H34N6O2. The number of ether oxygens (including phenoxy) is 1. The molecule has 2 unspecified atom stereocenters. The molecule has 1 saturated heterocycles. The van der Waals surface area contributed by atoms with Crippen LogP contribution in [-0.4, -0.2) is 65.6 Å². The predicted molar refractivity (Wildman–Crippen MR) is 125 cm³/mol. The molecule has 4 rings (SSSR count). The Morgan fingerprint density at radius 2 is 2.06 bits per heavy atom. The van der Waals surface area contributed by atoms with Crippen LogP contribution in [-0.2, 0) is 11.2 Å². The molecule has 2 heterocycles. The minimum atomic E-state index is -0.0467. The Kier molecular flexibility index (Phi) is 7.29. The monoisotopic (exact) mass is 438 g/mol. The maximum Gasteiger partial charge on any atom is 0.258 e. The van der Waals surface area contributed by atoms with Crippen molar-refractivity contribution in [3.63, 3.8) is 0 Å². The number of hydrogen-bond acceptors (Lipinski definition) is 4. The summed E-state index contributed by atoms with van der Waals surface area (Å²) in [4.78, 5) is 22.8. The van der Waals surface area contributed by atoms with E-state index in [0.29, 0.717) is 18.0 Å². The van der Waals surface area contributed by atoms with Gasteiger partial charge in [0, 0.05) is 45.1 Å². The third kappa shape index (κ3) is 6.02. The Balaban J connectivity index is 1.22. The summed E-state index contributed by atoms with van der Waals surface area (Å²) in [5, 5.41) is 6.44. The number of aliphatic imine (C=N–C) groups is 1. The smallest absolute Gasteiger partial charge is 0.258 e. The van der Waals surface area contributed by atoms with E-state index in [1.165, 1.54) is 5.56 Å². The number of benzene rings is 1. The van der Waals surface area contributed by atoms with E-state index in [1.54, 1.807) is 0 Å². The molecule has 0 radical (unpaired) electrons. The zero-order valence-electron chi connectivity index (χ0n) is 19.0. The molecule has 2 fully saturated rings. The predicted octanol–water partition coefficient (Wildman–Crippen LogP) is 2.24. The number of nitrogens with one attached hydrogen (secondary N) is 2. The van der Waals surface area contributed by atoms with Crippen molar-refractivity contribution >= 4 is 11.9 Å². The molecule has 1 saturated carbocycles. The summed E-state index contributed by atoms with van der Waals surface area (Å²) in [5.41, 5.74) is 1.21. The second kappa shape index (κ2) is 10.5. The molecular weight excluding hydrogens is 404 g/mol. The Hall–Kier alpha value is -3.03. The zero-order chi connectivity index (χ0) is 22.3. The summed E-state index contributed by atoms with van der Waals surface area (Å²) >= 11 is 0. The van der Waals surface area contributed by atoms with E-state index < -0.39 is 0 Å². The van der Waals surface area contributed by atoms with Crippen molar-refractivity contribution in [2.45, 2.75) is 44.7 Å². The van der Waals surface area contributed by atoms with Crippen LogP contribution in [0.25, 0.3) is 0 Å². The Morgan fingerprint density at radius 3 is 2.75 bits per heavy atom. The van der Waals surface area contributed by atoms with Crippen LogP contribution in [0.5, 0.6) is 5.75 Å². The van der Waals surface area contributed by atoms with Crippen molar-refractivity contribution < 1.29 is 9.53 Å². The summed E-state index contributed by atoms with van der Waals surface area (Å²) in [5.74, 6) is 2.23. The molecule has 0 bridgehead atoms. The van der Waals surface area contributed by atoms with E-state index >= 15 is 0 Å². The van der Waals surface area contributed by atoms with E-state index in [4.69, 9.17) is 4.74 Å². The normalized spacial score (nSPS) is 21.3. The molecule has 1 aromatic heterocycles. The van der Waals surface area contributed by atoms with E-state index in [-0.39, 0.29) is 12.5 Å². The summed E-state index contributed by atoms with van der Waals surface area (Å²) in [7, 11) is 1.85. The lowest BCUT2D eigenvalue weighted by Gasteiger charge is -2.39. The van der Waals surface area contributed by atoms with Crippen LogP contribution in [0.2, 0.25) is 0 Å². The highest BCUT2D eigenvalue weighted by atomic mass is 16.5. The largest absolute Gasteiger partial charge is 0.484 e. The first-order valence-corrected chi connectivity index (χ1v) is 11.6. The molecule has 8 nitrogen and oxygen atoms in total. The van der Waals surface area contributed by atoms with Crippen LogP contribution < -0.4 is 15.4 Å². The SMILES string of the molecule is CN=C(NCCc1ccc(OCC(=O)NC2CC2)cc1)N1CCC(C)C(n2ccnc2)C1. The number of carbonyl (C=O) groups is 1. The van der Waals surface area contributed by atoms with Gasteiger partial charge in [0.1, 0.15) is 5.75 Å². The summed E-state index contributed by atoms with van der Waals surface area (Å²) in [6.45, 7) is 5.12. The van der Waals surface area contributed by atoms with E-state index in [0.717, 1.165) is 57.0 Å². The second-order valence-electron chi connectivity index (χ2n) is 8.79. The van der Waals surface area contributed by atoms with Crippen LogP contribution in [0.15, 0.2) is 48.0 Å². The van der Waals surface area contributed by atoms with Gasteiger partial charge in [0.25, 0.3) is 5.91 Å². The number of likely N-dealkylation sites (tertiary alicyclic amines) is 1. The number of guanidine groups is 1. The van der Waals surface area contributed by atoms with Gasteiger partial charge in [-0.3, -0.25) is 9.79 Å². The highest BCUT2D eigenvalue weighted by molar-refractivity contribution is 5.80. The molecule has 1 aliphatic heterocycles. The van der Waals surface area contributed by atoms with Crippen LogP contribution in [0.4, 0.5) is 0 Å². The number of aromatic nitrogens is 2. The van der Waals surface area contributed by atoms with Crippen LogP contribution in [0, 0.1) is 5.92 Å². The van der Waals surface area contributed by atoms with Crippen LogP contribution in [0.3, 0.4) is 0 Å². The molecule has 8 heteroatoms. The quantitative estimate of drug-likeness (QED) is 0.488. The average molecular weight is 439 g/mol. The van der Waals surface area contributed by atoms with Gasteiger partial charge in [-0.25, -0.2) is 4.98 Å². The highest BCUT2D eigenvalue weighted by Gasteiger charge is 2.28. The van der Waals surface area contributed by atoms with Gasteiger partial charge in [0.15, 0.2) is 12.6 Å². The van der Waals surface area contributed by atoms with E-state index in [9.17, 15) is 4.79 Å². The third-order valence-electron chi connectivity index (χ3n) is 6.27. The van der Waals surface area contributed by atoms with Gasteiger partial charge >= 0.3 is 0 Å². The Morgan fingerprint density at radius 1 is 1.25 bits per heavy atom. The summed E-state index contributed by atoms with van der Waals surface area (Å²) in [6, 6.07) is 8.73. The second-order valence-corrected chi connectivity index (χ2v) is 8.79. The van der Waals surface area contributed by atoms with Gasteiger partial charge in [-0.05, 0) is 49.3 Å². The van der Waals surface area contributed by atoms with Gasteiger partial charge < -0.3 is 24.8 Å². The van der Waals surface area contributed by atoms with Gasteiger partial charge in [0.05, 0.1) is 12.4 Å². The standard InChI is InChI=1S/C24H34N6O2/c1-18-10-13-29(15-22(18)30-14-12-26-17-30)24(25-2)27-11-9-19-3-7-21(8-4-19)32-16-23(31)28-20-5-6-20/h3-4,7-8,12,14,17-18,20,22H,5-6,9-11,13,15-16H2,1-2H3,(H,25,27)(H,28,31). The number of rotatable bonds is 8. The number of imidazole rings is 1. The first kappa shape index (κ1) is 22.2. The fraction of sp³-hybridized carbons (Fsp3) is 0.542. The molecule has 2 atom stereocenters. The third-order valence-corrected chi connectivity index (χ3v) is 6.27. The van der Waals surface area contributed by atoms with E-state index in [2.05, 4.69) is 49.1 Å². The number of carbonyl (C=O) groups excluding carboxylic acids is 1. The topological polar surface area (TPSA) is 83.8 Å². The lowest BCUT2D eigenvalue weighted by Crippen LogP contribution is -2.49. The minimum absolute atomic E-state index is 0.0467. The van der Waals surface area contributed by atoms with Crippen molar-refractivity contribution in [3.8, 4) is 5.75 Å². The molecule has 172 valence electrons. The van der Waals surface area contributed by atoms with Crippen molar-refractivity contribution in [1.82, 2.24) is 25.1 Å². The van der Waals surface area contributed by atoms with Gasteiger partial charge in [-0.15, -0.1) is 0 Å². The van der Waals surface area contributed by atoms with Crippen LogP contribution in [0.1, 0.15) is 37.8 Å². The fourth-order valence-corrected chi connectivity index (χ4v) is 4.14. The first-order chi connectivity index (χ1) is 15.6. The lowest BCUT2D eigenvalue weighted by molar-refractivity contribution is -0.123. The summed E-state index contributed by atoms with van der Waals surface area (Å²) in [6.07, 6.45) is 9.99. The average Bonchev–Trinajstić information content (AvgIpc) is 3.45. The van der Waals surface area contributed by atoms with E-state index in [1.807, 2.05) is 37.9 Å². The number of piperidine rings is 1. The zero-order valence-corrected chi connectivity index (χ0v) is 19.0. The van der Waals surface area contributed by atoms with Crippen molar-refractivity contribution in [1.29, 1.82) is 0 Å². The molecule has 32 heavy (non-hydrogen) atoms. The minimum Gasteiger partial charge on any atom is -0.484 e. The van der Waals surface area contributed by atoms with Crippen LogP contribution >= 0.6 is 0 Å². The summed E-state index contributed by atoms with van der Waals surface area (Å²) < 4.78 is 7.79. The number of amides is 1. The highest BCUT2D eigenvalue weighted by Crippen LogP contribution is 2.27. The molecule has 2 aliphatic rings. The van der Waals surface area contributed by atoms with Crippen molar-refractivity contribution in [2.24, 2.45) is 10.9 Å². The van der Waals surface area contributed by atoms with Gasteiger partial charge in [-0.2, -0.15) is 0 Å². The molecule has 0 spiro atoms. The number of hydrogen-bond donors (Lipinski definition) is 2. The fourth-order valence-electron chi connectivity index (χ4n) is 4.14. The lowest BCUT2D eigenvalue weighted by atomic mass is 9.93. The van der Waals surface area contributed by atoms with Gasteiger partial charge in [0.2, 0.25) is 0 Å². The van der Waals surface area contributed by atoms with Gasteiger partial charge in [-0.1, -0.05) is 19.1 Å². The number of nitrogens with zero attached hydrogens (tertiary/aromatic N) is 4. The molecule has 1 amide bonds.